The van der Waals surface area contributed by atoms with Gasteiger partial charge in [-0.1, -0.05) is 6.92 Å². The lowest BCUT2D eigenvalue weighted by Crippen LogP contribution is -2.37. The van der Waals surface area contributed by atoms with Crippen LogP contribution >= 0.6 is 11.3 Å². The molecule has 2 rings (SSSR count). The fraction of sp³-hybridized carbons (Fsp3) is 0.769. The lowest BCUT2D eigenvalue weighted by molar-refractivity contribution is 0.0231. The summed E-state index contributed by atoms with van der Waals surface area (Å²) in [7, 11) is 0. The van der Waals surface area contributed by atoms with Gasteiger partial charge < -0.3 is 10.1 Å². The van der Waals surface area contributed by atoms with Crippen LogP contribution in [0, 0.1) is 12.3 Å². The molecule has 96 valence electrons. The van der Waals surface area contributed by atoms with E-state index < -0.39 is 0 Å². The van der Waals surface area contributed by atoms with Crippen LogP contribution in [0.3, 0.4) is 0 Å². The van der Waals surface area contributed by atoms with E-state index in [9.17, 15) is 0 Å². The summed E-state index contributed by atoms with van der Waals surface area (Å²) < 4.78 is 5.43. The number of nitrogens with zero attached hydrogens (tertiary/aromatic N) is 1. The summed E-state index contributed by atoms with van der Waals surface area (Å²) >= 11 is 1.74. The highest BCUT2D eigenvalue weighted by Gasteiger charge is 2.27. The molecule has 3 nitrogen and oxygen atoms in total. The van der Waals surface area contributed by atoms with Crippen LogP contribution < -0.4 is 5.32 Å². The number of rotatable bonds is 4. The van der Waals surface area contributed by atoms with E-state index in [2.05, 4.69) is 31.1 Å². The van der Waals surface area contributed by atoms with Gasteiger partial charge in [-0.25, -0.2) is 4.98 Å². The highest BCUT2D eigenvalue weighted by molar-refractivity contribution is 7.09. The Labute approximate surface area is 108 Å². The molecule has 17 heavy (non-hydrogen) atoms. The molecule has 0 radical (unpaired) electrons. The van der Waals surface area contributed by atoms with Gasteiger partial charge in [0, 0.05) is 30.7 Å². The molecule has 0 amide bonds. The molecule has 0 spiro atoms. The second-order valence-corrected chi connectivity index (χ2v) is 6.21. The van der Waals surface area contributed by atoms with Crippen LogP contribution in [0.4, 0.5) is 0 Å². The summed E-state index contributed by atoms with van der Waals surface area (Å²) in [5.74, 6) is 0. The fourth-order valence-electron chi connectivity index (χ4n) is 2.26. The molecule has 1 N–H and O–H groups in total. The summed E-state index contributed by atoms with van der Waals surface area (Å²) in [5.41, 5.74) is 3.48. The molecule has 1 aliphatic heterocycles. The minimum atomic E-state index is 0.394. The number of hydrogen-bond donors (Lipinski definition) is 1. The van der Waals surface area contributed by atoms with Crippen molar-refractivity contribution >= 4 is 11.3 Å². The number of hydrogen-bond acceptors (Lipinski definition) is 4. The Morgan fingerprint density at radius 3 is 2.82 bits per heavy atom. The predicted molar refractivity (Wildman–Crippen MR) is 71.4 cm³/mol. The molecule has 1 aromatic heterocycles. The topological polar surface area (TPSA) is 34.2 Å². The van der Waals surface area contributed by atoms with Crippen LogP contribution in [0.5, 0.6) is 0 Å². The van der Waals surface area contributed by atoms with Gasteiger partial charge in [-0.2, -0.15) is 0 Å². The van der Waals surface area contributed by atoms with Crippen molar-refractivity contribution in [3.8, 4) is 0 Å². The second kappa shape index (κ2) is 5.46. The second-order valence-electron chi connectivity index (χ2n) is 5.33. The van der Waals surface area contributed by atoms with Gasteiger partial charge in [-0.15, -0.1) is 11.3 Å². The van der Waals surface area contributed by atoms with Crippen LogP contribution in [0.2, 0.25) is 0 Å². The summed E-state index contributed by atoms with van der Waals surface area (Å²) in [6, 6.07) is 0.405. The maximum Gasteiger partial charge on any atom is 0.0798 e. The lowest BCUT2D eigenvalue weighted by Gasteiger charge is -2.34. The van der Waals surface area contributed by atoms with E-state index in [4.69, 9.17) is 4.74 Å². The zero-order chi connectivity index (χ0) is 12.3. The van der Waals surface area contributed by atoms with Gasteiger partial charge in [0.1, 0.15) is 0 Å². The van der Waals surface area contributed by atoms with E-state index in [0.29, 0.717) is 11.5 Å². The molecule has 1 saturated heterocycles. The third kappa shape index (κ3) is 3.27. The number of aromatic nitrogens is 1. The predicted octanol–water partition coefficient (Wildman–Crippen LogP) is 2.92. The minimum Gasteiger partial charge on any atom is -0.381 e. The molecule has 0 aromatic carbocycles. The molecule has 0 bridgehead atoms. The Morgan fingerprint density at radius 1 is 1.53 bits per heavy atom. The molecule has 2 heterocycles. The molecule has 0 aliphatic carbocycles. The molecule has 0 saturated carbocycles. The zero-order valence-corrected chi connectivity index (χ0v) is 11.8. The van der Waals surface area contributed by atoms with E-state index in [1.54, 1.807) is 11.3 Å². The molecule has 1 atom stereocenters. The Balaban J connectivity index is 1.87. The van der Waals surface area contributed by atoms with Gasteiger partial charge in [0.05, 0.1) is 11.2 Å². The first kappa shape index (κ1) is 13.0. The Bertz CT molecular complexity index is 358. The van der Waals surface area contributed by atoms with Crippen molar-refractivity contribution in [2.24, 2.45) is 5.41 Å². The van der Waals surface area contributed by atoms with Crippen LogP contribution in [-0.2, 0) is 4.74 Å². The smallest absolute Gasteiger partial charge is 0.0798 e. The highest BCUT2D eigenvalue weighted by atomic mass is 32.1. The maximum atomic E-state index is 5.43. The Kier molecular flexibility index (Phi) is 4.17. The number of ether oxygens (including phenoxy) is 1. The van der Waals surface area contributed by atoms with E-state index in [1.165, 1.54) is 4.88 Å². The number of thiazole rings is 1. The van der Waals surface area contributed by atoms with Crippen molar-refractivity contribution in [2.75, 3.05) is 19.8 Å². The average molecular weight is 254 g/mol. The summed E-state index contributed by atoms with van der Waals surface area (Å²) in [6.45, 7) is 9.55. The first-order valence-electron chi connectivity index (χ1n) is 6.32. The molecular formula is C13H22N2OS. The highest BCUT2D eigenvalue weighted by Crippen LogP contribution is 2.30. The molecule has 4 heteroatoms. The van der Waals surface area contributed by atoms with E-state index in [0.717, 1.165) is 38.3 Å². The van der Waals surface area contributed by atoms with E-state index in [-0.39, 0.29) is 0 Å². The first-order valence-corrected chi connectivity index (χ1v) is 7.20. The van der Waals surface area contributed by atoms with Crippen molar-refractivity contribution in [3.63, 3.8) is 0 Å². The zero-order valence-electron chi connectivity index (χ0n) is 11.0. The van der Waals surface area contributed by atoms with Gasteiger partial charge in [-0.3, -0.25) is 0 Å². The summed E-state index contributed by atoms with van der Waals surface area (Å²) in [6.07, 6.45) is 2.32. The van der Waals surface area contributed by atoms with Crippen molar-refractivity contribution in [1.29, 1.82) is 0 Å². The monoisotopic (exact) mass is 254 g/mol. The third-order valence-corrected chi connectivity index (χ3v) is 4.82. The standard InChI is InChI=1S/C13H22N2OS/c1-10(12-11(2)15-9-17-12)14-8-13(3)4-6-16-7-5-13/h9-10,14H,4-8H2,1-3H3. The van der Waals surface area contributed by atoms with Gasteiger partial charge in [0.2, 0.25) is 0 Å². The van der Waals surface area contributed by atoms with Gasteiger partial charge in [0.25, 0.3) is 0 Å². The van der Waals surface area contributed by atoms with Crippen molar-refractivity contribution in [2.45, 2.75) is 39.7 Å². The first-order chi connectivity index (χ1) is 8.11. The number of aryl methyl sites for hydroxylation is 1. The molecule has 1 aromatic rings. The molecule has 1 aliphatic rings. The van der Waals surface area contributed by atoms with Crippen LogP contribution in [-0.4, -0.2) is 24.7 Å². The van der Waals surface area contributed by atoms with Gasteiger partial charge >= 0.3 is 0 Å². The number of nitrogens with one attached hydrogen (secondary N) is 1. The van der Waals surface area contributed by atoms with Gasteiger partial charge in [-0.05, 0) is 32.1 Å². The summed E-state index contributed by atoms with van der Waals surface area (Å²) in [4.78, 5) is 5.67. The average Bonchev–Trinajstić information content (AvgIpc) is 2.74. The SMILES string of the molecule is Cc1ncsc1C(C)NCC1(C)CCOCC1. The summed E-state index contributed by atoms with van der Waals surface area (Å²) in [5, 5.41) is 3.65. The molecule has 1 unspecified atom stereocenters. The van der Waals surface area contributed by atoms with Gasteiger partial charge in [0.15, 0.2) is 0 Å². The van der Waals surface area contributed by atoms with Crippen molar-refractivity contribution in [1.82, 2.24) is 10.3 Å². The van der Waals surface area contributed by atoms with E-state index >= 15 is 0 Å². The minimum absolute atomic E-state index is 0.394. The van der Waals surface area contributed by atoms with Crippen LogP contribution in [0.1, 0.15) is 43.3 Å². The normalized spacial score (nSPS) is 21.4. The Hall–Kier alpha value is -0.450. The lowest BCUT2D eigenvalue weighted by atomic mass is 9.82. The van der Waals surface area contributed by atoms with Crippen LogP contribution in [0.15, 0.2) is 5.51 Å². The van der Waals surface area contributed by atoms with Crippen LogP contribution in [0.25, 0.3) is 0 Å². The third-order valence-electron chi connectivity index (χ3n) is 3.71. The van der Waals surface area contributed by atoms with E-state index in [1.807, 2.05) is 5.51 Å². The fourth-order valence-corrected chi connectivity index (χ4v) is 3.09. The van der Waals surface area contributed by atoms with Crippen molar-refractivity contribution < 1.29 is 4.74 Å². The molecular weight excluding hydrogens is 232 g/mol. The largest absolute Gasteiger partial charge is 0.381 e. The Morgan fingerprint density at radius 2 is 2.24 bits per heavy atom. The quantitative estimate of drug-likeness (QED) is 0.897. The van der Waals surface area contributed by atoms with Crippen molar-refractivity contribution in [3.05, 3.63) is 16.1 Å². The maximum absolute atomic E-state index is 5.43. The molecule has 1 fully saturated rings.